The molecule has 2 atom stereocenters. The quantitative estimate of drug-likeness (QED) is 0.795. The zero-order valence-corrected chi connectivity index (χ0v) is 12.1. The largest absolute Gasteiger partial charge is 0.480 e. The molecule has 2 unspecified atom stereocenters. The standard InChI is InChI=1S/C12H20N2O4S/c1-3-6-12(11(15)16)7-5-8-14(12)19(17,18)10(4-2)9-13/h10H,3-8H2,1-2H3,(H,15,16). The third kappa shape index (κ3) is 2.60. The van der Waals surface area contributed by atoms with Crippen LogP contribution in [0.2, 0.25) is 0 Å². The molecule has 0 saturated carbocycles. The van der Waals surface area contributed by atoms with Gasteiger partial charge in [0.15, 0.2) is 5.25 Å². The van der Waals surface area contributed by atoms with Gasteiger partial charge in [0, 0.05) is 6.54 Å². The highest BCUT2D eigenvalue weighted by Crippen LogP contribution is 2.37. The predicted octanol–water partition coefficient (Wildman–Crippen LogP) is 1.34. The SMILES string of the molecule is CCCC1(C(=O)O)CCCN1S(=O)(=O)C(C#N)CC. The Balaban J connectivity index is 3.24. The molecule has 1 heterocycles. The number of aliphatic carboxylic acids is 1. The third-order valence-corrected chi connectivity index (χ3v) is 5.98. The molecule has 1 aliphatic heterocycles. The Morgan fingerprint density at radius 2 is 2.16 bits per heavy atom. The Hall–Kier alpha value is -1.13. The predicted molar refractivity (Wildman–Crippen MR) is 69.8 cm³/mol. The third-order valence-electron chi connectivity index (χ3n) is 3.67. The molecule has 0 amide bonds. The van der Waals surface area contributed by atoms with E-state index in [1.165, 1.54) is 0 Å². The van der Waals surface area contributed by atoms with Crippen molar-refractivity contribution < 1.29 is 18.3 Å². The summed E-state index contributed by atoms with van der Waals surface area (Å²) >= 11 is 0. The summed E-state index contributed by atoms with van der Waals surface area (Å²) in [7, 11) is -3.88. The van der Waals surface area contributed by atoms with Crippen LogP contribution in [0.4, 0.5) is 0 Å². The highest BCUT2D eigenvalue weighted by Gasteiger charge is 2.53. The summed E-state index contributed by atoms with van der Waals surface area (Å²) in [5.41, 5.74) is -1.36. The smallest absolute Gasteiger partial charge is 0.325 e. The number of carboxylic acids is 1. The Labute approximate surface area is 114 Å². The van der Waals surface area contributed by atoms with Crippen LogP contribution in [0.3, 0.4) is 0 Å². The van der Waals surface area contributed by atoms with E-state index in [-0.39, 0.29) is 19.4 Å². The van der Waals surface area contributed by atoms with Gasteiger partial charge in [0.2, 0.25) is 10.0 Å². The van der Waals surface area contributed by atoms with E-state index in [1.807, 2.05) is 6.92 Å². The van der Waals surface area contributed by atoms with Gasteiger partial charge in [-0.05, 0) is 25.7 Å². The minimum Gasteiger partial charge on any atom is -0.480 e. The molecule has 0 aromatic heterocycles. The normalized spacial score (nSPS) is 25.9. The zero-order valence-electron chi connectivity index (χ0n) is 11.3. The van der Waals surface area contributed by atoms with Crippen molar-refractivity contribution in [3.05, 3.63) is 0 Å². The van der Waals surface area contributed by atoms with Crippen LogP contribution in [-0.2, 0) is 14.8 Å². The van der Waals surface area contributed by atoms with E-state index in [4.69, 9.17) is 5.26 Å². The zero-order chi connectivity index (χ0) is 14.7. The maximum atomic E-state index is 12.4. The van der Waals surface area contributed by atoms with Gasteiger partial charge in [-0.3, -0.25) is 4.79 Å². The van der Waals surface area contributed by atoms with Crippen molar-refractivity contribution in [2.45, 2.75) is 56.7 Å². The molecule has 0 spiro atoms. The van der Waals surface area contributed by atoms with Gasteiger partial charge >= 0.3 is 5.97 Å². The summed E-state index contributed by atoms with van der Waals surface area (Å²) in [5.74, 6) is -1.11. The van der Waals surface area contributed by atoms with Gasteiger partial charge in [-0.1, -0.05) is 20.3 Å². The highest BCUT2D eigenvalue weighted by atomic mass is 32.2. The topological polar surface area (TPSA) is 98.5 Å². The van der Waals surface area contributed by atoms with Crippen LogP contribution >= 0.6 is 0 Å². The summed E-state index contributed by atoms with van der Waals surface area (Å²) in [5, 5.41) is 17.3. The molecular weight excluding hydrogens is 268 g/mol. The van der Waals surface area contributed by atoms with Crippen molar-refractivity contribution in [1.82, 2.24) is 4.31 Å². The van der Waals surface area contributed by atoms with Gasteiger partial charge < -0.3 is 5.11 Å². The lowest BCUT2D eigenvalue weighted by molar-refractivity contribution is -0.147. The van der Waals surface area contributed by atoms with Crippen LogP contribution in [0.5, 0.6) is 0 Å². The van der Waals surface area contributed by atoms with Gasteiger partial charge in [-0.2, -0.15) is 9.57 Å². The number of carbonyl (C=O) groups is 1. The average Bonchev–Trinajstić information content (AvgIpc) is 2.76. The lowest BCUT2D eigenvalue weighted by atomic mass is 9.92. The first-order valence-corrected chi connectivity index (χ1v) is 8.01. The van der Waals surface area contributed by atoms with Crippen LogP contribution in [0.1, 0.15) is 46.0 Å². The molecule has 0 aromatic carbocycles. The van der Waals surface area contributed by atoms with Gasteiger partial charge in [0.05, 0.1) is 6.07 Å². The van der Waals surface area contributed by atoms with E-state index < -0.39 is 26.8 Å². The van der Waals surface area contributed by atoms with Crippen LogP contribution < -0.4 is 0 Å². The number of hydrogen-bond donors (Lipinski definition) is 1. The van der Waals surface area contributed by atoms with Crippen molar-refractivity contribution in [2.24, 2.45) is 0 Å². The van der Waals surface area contributed by atoms with E-state index in [2.05, 4.69) is 0 Å². The number of rotatable bonds is 6. The second-order valence-corrected chi connectivity index (χ2v) is 6.87. The Kier molecular flexibility index (Phi) is 4.93. The first-order chi connectivity index (χ1) is 8.86. The number of sulfonamides is 1. The molecule has 0 bridgehead atoms. The maximum absolute atomic E-state index is 12.4. The number of hydrogen-bond acceptors (Lipinski definition) is 4. The average molecular weight is 288 g/mol. The number of nitrogens with zero attached hydrogens (tertiary/aromatic N) is 2. The van der Waals surface area contributed by atoms with E-state index in [0.29, 0.717) is 19.3 Å². The Morgan fingerprint density at radius 3 is 2.58 bits per heavy atom. The molecule has 0 aromatic rings. The summed E-state index contributed by atoms with van der Waals surface area (Å²) in [6.45, 7) is 3.63. The molecule has 1 saturated heterocycles. The number of carboxylic acid groups (broad SMARTS) is 1. The van der Waals surface area contributed by atoms with E-state index >= 15 is 0 Å². The lowest BCUT2D eigenvalue weighted by Gasteiger charge is -2.34. The molecule has 7 heteroatoms. The highest BCUT2D eigenvalue weighted by molar-refractivity contribution is 7.90. The molecular formula is C12H20N2O4S. The molecule has 0 radical (unpaired) electrons. The van der Waals surface area contributed by atoms with Gasteiger partial charge in [-0.25, -0.2) is 8.42 Å². The maximum Gasteiger partial charge on any atom is 0.325 e. The van der Waals surface area contributed by atoms with E-state index in [1.54, 1.807) is 13.0 Å². The van der Waals surface area contributed by atoms with Crippen LogP contribution in [0.25, 0.3) is 0 Å². The minimum atomic E-state index is -3.88. The second kappa shape index (κ2) is 5.88. The van der Waals surface area contributed by atoms with Crippen molar-refractivity contribution in [3.8, 4) is 6.07 Å². The summed E-state index contributed by atoms with van der Waals surface area (Å²) in [6.07, 6.45) is 1.87. The summed E-state index contributed by atoms with van der Waals surface area (Å²) in [6, 6.07) is 1.77. The first kappa shape index (κ1) is 15.9. The minimum absolute atomic E-state index is 0.164. The van der Waals surface area contributed by atoms with Crippen molar-refractivity contribution in [3.63, 3.8) is 0 Å². The first-order valence-electron chi connectivity index (χ1n) is 6.51. The van der Waals surface area contributed by atoms with Gasteiger partial charge in [0.25, 0.3) is 0 Å². The second-order valence-electron chi connectivity index (χ2n) is 4.83. The van der Waals surface area contributed by atoms with Crippen LogP contribution in [0, 0.1) is 11.3 Å². The fourth-order valence-corrected chi connectivity index (χ4v) is 4.72. The lowest BCUT2D eigenvalue weighted by Crippen LogP contribution is -2.55. The Bertz CT molecular complexity index is 482. The molecule has 1 aliphatic rings. The summed E-state index contributed by atoms with van der Waals surface area (Å²) < 4.78 is 25.9. The molecule has 1 fully saturated rings. The van der Waals surface area contributed by atoms with E-state index in [9.17, 15) is 18.3 Å². The molecule has 0 aliphatic carbocycles. The molecule has 6 nitrogen and oxygen atoms in total. The molecule has 1 N–H and O–H groups in total. The monoisotopic (exact) mass is 288 g/mol. The molecule has 108 valence electrons. The van der Waals surface area contributed by atoms with E-state index in [0.717, 1.165) is 4.31 Å². The van der Waals surface area contributed by atoms with Crippen molar-refractivity contribution >= 4 is 16.0 Å². The fourth-order valence-electron chi connectivity index (χ4n) is 2.73. The van der Waals surface area contributed by atoms with Crippen molar-refractivity contribution in [2.75, 3.05) is 6.54 Å². The molecule has 19 heavy (non-hydrogen) atoms. The number of nitriles is 1. The van der Waals surface area contributed by atoms with Gasteiger partial charge in [0.1, 0.15) is 5.54 Å². The van der Waals surface area contributed by atoms with Crippen molar-refractivity contribution in [1.29, 1.82) is 5.26 Å². The molecule has 1 rings (SSSR count). The van der Waals surface area contributed by atoms with Crippen LogP contribution in [-0.4, -0.2) is 41.1 Å². The summed E-state index contributed by atoms with van der Waals surface area (Å²) in [4.78, 5) is 11.6. The van der Waals surface area contributed by atoms with Crippen LogP contribution in [0.15, 0.2) is 0 Å². The Morgan fingerprint density at radius 1 is 1.53 bits per heavy atom. The fraction of sp³-hybridized carbons (Fsp3) is 0.833. The van der Waals surface area contributed by atoms with Gasteiger partial charge in [-0.15, -0.1) is 0 Å².